The van der Waals surface area contributed by atoms with Gasteiger partial charge in [-0.1, -0.05) is 36.4 Å². The summed E-state index contributed by atoms with van der Waals surface area (Å²) in [4.78, 5) is 26.0. The Balaban J connectivity index is 1.63. The molecule has 1 fully saturated rings. The Labute approximate surface area is 178 Å². The highest BCUT2D eigenvalue weighted by atomic mass is 16.2. The van der Waals surface area contributed by atoms with Crippen molar-refractivity contribution in [3.8, 4) is 11.1 Å². The average Bonchev–Trinajstić information content (AvgIpc) is 3.18. The molecule has 5 nitrogen and oxygen atoms in total. The molecule has 0 saturated carbocycles. The van der Waals surface area contributed by atoms with Crippen LogP contribution in [0.3, 0.4) is 0 Å². The molecule has 0 bridgehead atoms. The Hall–Kier alpha value is -3.05. The number of hydrogen-bond acceptors (Lipinski definition) is 4. The number of rotatable bonds is 6. The van der Waals surface area contributed by atoms with Crippen LogP contribution in [0.4, 0.5) is 0 Å². The third kappa shape index (κ3) is 4.26. The summed E-state index contributed by atoms with van der Waals surface area (Å²) >= 11 is 0. The Kier molecular flexibility index (Phi) is 5.91. The molecule has 0 spiro atoms. The van der Waals surface area contributed by atoms with Gasteiger partial charge in [0.25, 0.3) is 0 Å². The van der Waals surface area contributed by atoms with E-state index in [1.165, 1.54) is 11.1 Å². The van der Waals surface area contributed by atoms with Gasteiger partial charge in [-0.2, -0.15) is 0 Å². The normalized spacial score (nSPS) is 19.0. The van der Waals surface area contributed by atoms with Crippen LogP contribution < -0.4 is 0 Å². The summed E-state index contributed by atoms with van der Waals surface area (Å²) < 4.78 is 0. The first kappa shape index (κ1) is 20.2. The van der Waals surface area contributed by atoms with E-state index in [1.54, 1.807) is 17.3 Å². The highest BCUT2D eigenvalue weighted by Gasteiger charge is 2.45. The maximum absolute atomic E-state index is 13.4. The van der Waals surface area contributed by atoms with Gasteiger partial charge >= 0.3 is 0 Å². The van der Waals surface area contributed by atoms with Gasteiger partial charge in [-0.25, -0.2) is 0 Å². The van der Waals surface area contributed by atoms with E-state index >= 15 is 0 Å². The van der Waals surface area contributed by atoms with E-state index < -0.39 is 5.41 Å². The van der Waals surface area contributed by atoms with Crippen molar-refractivity contribution < 1.29 is 4.79 Å². The second kappa shape index (κ2) is 8.76. The summed E-state index contributed by atoms with van der Waals surface area (Å²) in [6, 6.07) is 16.5. The maximum Gasteiger partial charge on any atom is 0.229 e. The molecule has 0 unspecified atom stereocenters. The highest BCUT2D eigenvalue weighted by molar-refractivity contribution is 5.84. The Morgan fingerprint density at radius 2 is 1.80 bits per heavy atom. The Bertz CT molecular complexity index is 990. The minimum absolute atomic E-state index is 0.206. The number of carbonyl (C=O) groups is 1. The minimum atomic E-state index is -0.427. The molecular weight excluding hydrogens is 372 g/mol. The van der Waals surface area contributed by atoms with Crippen molar-refractivity contribution in [3.05, 3.63) is 84.4 Å². The molecule has 0 radical (unpaired) electrons. The molecule has 0 N–H and O–H groups in total. The largest absolute Gasteiger partial charge is 0.348 e. The van der Waals surface area contributed by atoms with Crippen LogP contribution in [0.1, 0.15) is 17.5 Å². The first-order valence-corrected chi connectivity index (χ1v) is 10.4. The number of benzene rings is 1. The number of likely N-dealkylation sites (tertiary alicyclic amines) is 1. The van der Waals surface area contributed by atoms with Crippen molar-refractivity contribution in [3.63, 3.8) is 0 Å². The van der Waals surface area contributed by atoms with Gasteiger partial charge in [0, 0.05) is 57.5 Å². The zero-order chi connectivity index (χ0) is 21.0. The molecule has 2 aromatic heterocycles. The van der Waals surface area contributed by atoms with E-state index in [1.807, 2.05) is 38.6 Å². The van der Waals surface area contributed by atoms with E-state index in [0.717, 1.165) is 43.6 Å². The van der Waals surface area contributed by atoms with E-state index in [9.17, 15) is 4.79 Å². The van der Waals surface area contributed by atoms with E-state index in [2.05, 4.69) is 51.3 Å². The quantitative estimate of drug-likeness (QED) is 0.634. The van der Waals surface area contributed by atoms with Crippen molar-refractivity contribution in [1.82, 2.24) is 19.8 Å². The average molecular weight is 401 g/mol. The van der Waals surface area contributed by atoms with Crippen molar-refractivity contribution in [2.75, 3.05) is 27.2 Å². The molecule has 1 atom stereocenters. The molecule has 1 aliphatic heterocycles. The van der Waals surface area contributed by atoms with E-state index in [0.29, 0.717) is 0 Å². The van der Waals surface area contributed by atoms with Gasteiger partial charge in [0.2, 0.25) is 5.91 Å². The summed E-state index contributed by atoms with van der Waals surface area (Å²) in [5.74, 6) is 0.206. The molecule has 0 aliphatic carbocycles. The van der Waals surface area contributed by atoms with Gasteiger partial charge in [0.05, 0.1) is 5.41 Å². The number of amides is 1. The molecule has 1 amide bonds. The number of aromatic nitrogens is 2. The van der Waals surface area contributed by atoms with Crippen LogP contribution in [-0.2, 0) is 17.8 Å². The van der Waals surface area contributed by atoms with Crippen LogP contribution in [0.5, 0.6) is 0 Å². The molecule has 3 aromatic rings. The van der Waals surface area contributed by atoms with Gasteiger partial charge in [-0.3, -0.25) is 19.7 Å². The summed E-state index contributed by atoms with van der Waals surface area (Å²) in [6.07, 6.45) is 8.96. The smallest absolute Gasteiger partial charge is 0.229 e. The SMILES string of the molecule is CN(C)C(=O)[C@@]1(Cc2ccccc2-c2cccnc2)CCN(Cc2cccnc2)C1. The van der Waals surface area contributed by atoms with Crippen LogP contribution >= 0.6 is 0 Å². The summed E-state index contributed by atoms with van der Waals surface area (Å²) in [7, 11) is 3.72. The van der Waals surface area contributed by atoms with Gasteiger partial charge in [-0.15, -0.1) is 0 Å². The number of pyridine rings is 2. The predicted octanol–water partition coefficient (Wildman–Crippen LogP) is 3.67. The zero-order valence-electron chi connectivity index (χ0n) is 17.7. The molecule has 1 aromatic carbocycles. The van der Waals surface area contributed by atoms with E-state index in [-0.39, 0.29) is 5.91 Å². The summed E-state index contributed by atoms with van der Waals surface area (Å²) in [5.41, 5.74) is 4.20. The second-order valence-corrected chi connectivity index (χ2v) is 8.38. The topological polar surface area (TPSA) is 49.3 Å². The summed E-state index contributed by atoms with van der Waals surface area (Å²) in [6.45, 7) is 2.48. The van der Waals surface area contributed by atoms with Gasteiger partial charge < -0.3 is 4.90 Å². The molecule has 5 heteroatoms. The van der Waals surface area contributed by atoms with Crippen LogP contribution in [0, 0.1) is 5.41 Å². The third-order valence-electron chi connectivity index (χ3n) is 5.94. The number of hydrogen-bond donors (Lipinski definition) is 0. The Morgan fingerprint density at radius 1 is 1.03 bits per heavy atom. The monoisotopic (exact) mass is 400 g/mol. The maximum atomic E-state index is 13.4. The lowest BCUT2D eigenvalue weighted by molar-refractivity contribution is -0.138. The van der Waals surface area contributed by atoms with Gasteiger partial charge in [0.15, 0.2) is 0 Å². The lowest BCUT2D eigenvalue weighted by Crippen LogP contribution is -2.44. The van der Waals surface area contributed by atoms with Crippen LogP contribution in [-0.4, -0.2) is 52.9 Å². The van der Waals surface area contributed by atoms with Crippen molar-refractivity contribution in [2.45, 2.75) is 19.4 Å². The standard InChI is InChI=1S/C25H28N4O/c1-28(2)24(30)25(11-14-29(19-25)18-20-7-5-12-26-16-20)15-21-8-3-4-10-23(21)22-9-6-13-27-17-22/h3-10,12-13,16-17H,11,14-15,18-19H2,1-2H3/t25-/m1/s1. The molecule has 30 heavy (non-hydrogen) atoms. The fourth-order valence-electron chi connectivity index (χ4n) is 4.55. The summed E-state index contributed by atoms with van der Waals surface area (Å²) in [5, 5.41) is 0. The van der Waals surface area contributed by atoms with Gasteiger partial charge in [0.1, 0.15) is 0 Å². The van der Waals surface area contributed by atoms with Crippen LogP contribution in [0.2, 0.25) is 0 Å². The molecule has 4 rings (SSSR count). The Morgan fingerprint density at radius 3 is 2.50 bits per heavy atom. The first-order chi connectivity index (χ1) is 14.6. The van der Waals surface area contributed by atoms with Crippen LogP contribution in [0.15, 0.2) is 73.3 Å². The lowest BCUT2D eigenvalue weighted by atomic mass is 9.78. The first-order valence-electron chi connectivity index (χ1n) is 10.4. The van der Waals surface area contributed by atoms with Crippen LogP contribution in [0.25, 0.3) is 11.1 Å². The van der Waals surface area contributed by atoms with E-state index in [4.69, 9.17) is 0 Å². The fourth-order valence-corrected chi connectivity index (χ4v) is 4.55. The molecule has 154 valence electrons. The van der Waals surface area contributed by atoms with Gasteiger partial charge in [-0.05, 0) is 48.2 Å². The van der Waals surface area contributed by atoms with Crippen molar-refractivity contribution in [2.24, 2.45) is 5.41 Å². The molecule has 1 aliphatic rings. The zero-order valence-corrected chi connectivity index (χ0v) is 17.7. The predicted molar refractivity (Wildman–Crippen MR) is 119 cm³/mol. The third-order valence-corrected chi connectivity index (χ3v) is 5.94. The minimum Gasteiger partial charge on any atom is -0.348 e. The van der Waals surface area contributed by atoms with Crippen molar-refractivity contribution >= 4 is 5.91 Å². The molecule has 3 heterocycles. The highest BCUT2D eigenvalue weighted by Crippen LogP contribution is 2.38. The molecular formula is C25H28N4O. The number of carbonyl (C=O) groups excluding carboxylic acids is 1. The fraction of sp³-hybridized carbons (Fsp3) is 0.320. The second-order valence-electron chi connectivity index (χ2n) is 8.38. The number of nitrogens with zero attached hydrogens (tertiary/aromatic N) is 4. The van der Waals surface area contributed by atoms with Crippen molar-refractivity contribution in [1.29, 1.82) is 0 Å². The lowest BCUT2D eigenvalue weighted by Gasteiger charge is -2.32. The molecule has 1 saturated heterocycles.